The molecule has 2 rings (SSSR count). The van der Waals surface area contributed by atoms with Crippen molar-refractivity contribution in [1.82, 2.24) is 0 Å². The lowest BCUT2D eigenvalue weighted by atomic mass is 10.1. The maximum absolute atomic E-state index is 12.0. The molecule has 0 spiro atoms. The van der Waals surface area contributed by atoms with Gasteiger partial charge in [0.1, 0.15) is 5.75 Å². The van der Waals surface area contributed by atoms with Crippen LogP contribution in [0.1, 0.15) is 13.3 Å². The number of ether oxygens (including phenoxy) is 2. The second kappa shape index (κ2) is 8.62. The third-order valence-electron chi connectivity index (χ3n) is 3.56. The molecule has 27 heavy (non-hydrogen) atoms. The smallest absolute Gasteiger partial charge is 0.291 e. The third-order valence-corrected chi connectivity index (χ3v) is 3.56. The van der Waals surface area contributed by atoms with Crippen LogP contribution in [0.3, 0.4) is 0 Å². The van der Waals surface area contributed by atoms with E-state index in [-0.39, 0.29) is 31.1 Å². The summed E-state index contributed by atoms with van der Waals surface area (Å²) < 4.78 is 15.9. The standard InChI is InChI=1S/C17H20O10/c1-8(25-9(7-19)2-3-18)26-15-6-14(23)16(24)17(27-15)10-4-12(21)13(22)5-11(10)20/h4-6,8-9,18-22,24H,2-3,7H2,1H3. The maximum Gasteiger partial charge on any atom is 0.291 e. The molecule has 2 unspecified atom stereocenters. The lowest BCUT2D eigenvalue weighted by Gasteiger charge is -2.20. The predicted molar refractivity (Wildman–Crippen MR) is 90.8 cm³/mol. The van der Waals surface area contributed by atoms with Crippen LogP contribution in [0.25, 0.3) is 11.3 Å². The van der Waals surface area contributed by atoms with E-state index in [4.69, 9.17) is 24.1 Å². The van der Waals surface area contributed by atoms with Gasteiger partial charge in [0.05, 0.1) is 24.3 Å². The van der Waals surface area contributed by atoms with E-state index in [0.29, 0.717) is 0 Å². The van der Waals surface area contributed by atoms with Crippen LogP contribution < -0.4 is 10.2 Å². The Hall–Kier alpha value is -2.95. The molecule has 2 aromatic rings. The monoisotopic (exact) mass is 384 g/mol. The second-order valence-corrected chi connectivity index (χ2v) is 5.60. The first kappa shape index (κ1) is 20.4. The van der Waals surface area contributed by atoms with Crippen LogP contribution in [0.4, 0.5) is 0 Å². The highest BCUT2D eigenvalue weighted by Crippen LogP contribution is 2.41. The highest BCUT2D eigenvalue weighted by Gasteiger charge is 2.21. The summed E-state index contributed by atoms with van der Waals surface area (Å²) in [5.41, 5.74) is -1.15. The van der Waals surface area contributed by atoms with Gasteiger partial charge < -0.3 is 44.5 Å². The molecule has 2 atom stereocenters. The Balaban J connectivity index is 2.34. The summed E-state index contributed by atoms with van der Waals surface area (Å²) in [6.45, 7) is 0.885. The fourth-order valence-electron chi connectivity index (χ4n) is 2.26. The Morgan fingerprint density at radius 1 is 1.04 bits per heavy atom. The van der Waals surface area contributed by atoms with Crippen molar-refractivity contribution in [2.45, 2.75) is 25.7 Å². The Labute approximate surface area is 153 Å². The molecule has 0 saturated heterocycles. The second-order valence-electron chi connectivity index (χ2n) is 5.60. The van der Waals surface area contributed by atoms with E-state index in [1.165, 1.54) is 6.92 Å². The normalized spacial score (nSPS) is 13.3. The lowest BCUT2D eigenvalue weighted by Crippen LogP contribution is -2.28. The van der Waals surface area contributed by atoms with Crippen LogP contribution >= 0.6 is 0 Å². The molecule has 0 saturated carbocycles. The first-order valence-electron chi connectivity index (χ1n) is 7.93. The molecular formula is C17H20O10. The Bertz CT molecular complexity index is 844. The minimum atomic E-state index is -0.990. The molecule has 10 nitrogen and oxygen atoms in total. The van der Waals surface area contributed by atoms with Gasteiger partial charge in [0.25, 0.3) is 5.95 Å². The van der Waals surface area contributed by atoms with E-state index in [9.17, 15) is 25.2 Å². The summed E-state index contributed by atoms with van der Waals surface area (Å²) in [5.74, 6) is -3.48. The van der Waals surface area contributed by atoms with E-state index in [1.807, 2.05) is 0 Å². The molecular weight excluding hydrogens is 364 g/mol. The van der Waals surface area contributed by atoms with Gasteiger partial charge in [-0.2, -0.15) is 0 Å². The first-order chi connectivity index (χ1) is 12.8. The van der Waals surface area contributed by atoms with Crippen molar-refractivity contribution < 1.29 is 44.5 Å². The molecule has 1 aromatic heterocycles. The van der Waals surface area contributed by atoms with Crippen molar-refractivity contribution in [2.24, 2.45) is 0 Å². The van der Waals surface area contributed by atoms with Gasteiger partial charge in [-0.1, -0.05) is 0 Å². The van der Waals surface area contributed by atoms with Gasteiger partial charge >= 0.3 is 0 Å². The summed E-state index contributed by atoms with van der Waals surface area (Å²) in [5, 5.41) is 56.8. The zero-order valence-corrected chi connectivity index (χ0v) is 14.3. The van der Waals surface area contributed by atoms with Crippen molar-refractivity contribution in [3.8, 4) is 40.3 Å². The van der Waals surface area contributed by atoms with Crippen LogP contribution in [0.2, 0.25) is 0 Å². The maximum atomic E-state index is 12.0. The fraction of sp³-hybridized carbons (Fsp3) is 0.353. The summed E-state index contributed by atoms with van der Waals surface area (Å²) in [6, 6.07) is 2.55. The van der Waals surface area contributed by atoms with E-state index in [2.05, 4.69) is 0 Å². The zero-order chi connectivity index (χ0) is 20.1. The number of rotatable bonds is 8. The molecule has 0 aliphatic heterocycles. The Kier molecular flexibility index (Phi) is 6.50. The number of hydrogen-bond acceptors (Lipinski definition) is 10. The number of hydrogen-bond donors (Lipinski definition) is 6. The average Bonchev–Trinajstić information content (AvgIpc) is 2.60. The summed E-state index contributed by atoms with van der Waals surface area (Å²) in [7, 11) is 0. The van der Waals surface area contributed by atoms with Gasteiger partial charge in [-0.25, -0.2) is 0 Å². The van der Waals surface area contributed by atoms with Crippen molar-refractivity contribution in [3.63, 3.8) is 0 Å². The number of aliphatic hydroxyl groups is 2. The Morgan fingerprint density at radius 3 is 2.33 bits per heavy atom. The van der Waals surface area contributed by atoms with Gasteiger partial charge in [-0.3, -0.25) is 4.79 Å². The van der Waals surface area contributed by atoms with Crippen molar-refractivity contribution in [2.75, 3.05) is 13.2 Å². The molecule has 0 bridgehead atoms. The number of aliphatic hydroxyl groups excluding tert-OH is 2. The minimum absolute atomic E-state index is 0.162. The first-order valence-corrected chi connectivity index (χ1v) is 7.93. The summed E-state index contributed by atoms with van der Waals surface area (Å²) in [6.07, 6.45) is -1.53. The van der Waals surface area contributed by atoms with E-state index >= 15 is 0 Å². The molecule has 1 heterocycles. The molecule has 0 amide bonds. The van der Waals surface area contributed by atoms with Gasteiger partial charge in [0.15, 0.2) is 17.3 Å². The van der Waals surface area contributed by atoms with Crippen molar-refractivity contribution in [3.05, 3.63) is 28.4 Å². The summed E-state index contributed by atoms with van der Waals surface area (Å²) >= 11 is 0. The number of benzene rings is 1. The molecule has 0 radical (unpaired) electrons. The molecule has 6 N–H and O–H groups in total. The topological polar surface area (TPSA) is 170 Å². The largest absolute Gasteiger partial charge is 0.507 e. The molecule has 10 heteroatoms. The molecule has 0 fully saturated rings. The molecule has 0 aliphatic carbocycles. The molecule has 1 aromatic carbocycles. The van der Waals surface area contributed by atoms with Crippen LogP contribution in [0.15, 0.2) is 27.4 Å². The number of phenolic OH excluding ortho intramolecular Hbond substituents is 3. The van der Waals surface area contributed by atoms with Crippen LogP contribution in [0.5, 0.6) is 28.9 Å². The number of aromatic hydroxyl groups is 4. The third kappa shape index (κ3) is 4.82. The van der Waals surface area contributed by atoms with Gasteiger partial charge in [0, 0.05) is 12.7 Å². The van der Waals surface area contributed by atoms with Crippen LogP contribution in [-0.4, -0.2) is 56.2 Å². The number of phenols is 3. The van der Waals surface area contributed by atoms with E-state index < -0.39 is 46.6 Å². The van der Waals surface area contributed by atoms with Crippen LogP contribution in [0, 0.1) is 0 Å². The van der Waals surface area contributed by atoms with Gasteiger partial charge in [0.2, 0.25) is 17.5 Å². The fourth-order valence-corrected chi connectivity index (χ4v) is 2.26. The highest BCUT2D eigenvalue weighted by molar-refractivity contribution is 5.73. The predicted octanol–water partition coefficient (Wildman–Crippen LogP) is 0.614. The molecule has 0 aliphatic rings. The summed E-state index contributed by atoms with van der Waals surface area (Å²) in [4.78, 5) is 12.0. The molecule has 148 valence electrons. The Morgan fingerprint density at radius 2 is 1.70 bits per heavy atom. The zero-order valence-electron chi connectivity index (χ0n) is 14.3. The lowest BCUT2D eigenvalue weighted by molar-refractivity contribution is -0.132. The van der Waals surface area contributed by atoms with E-state index in [1.54, 1.807) is 0 Å². The van der Waals surface area contributed by atoms with Gasteiger partial charge in [-0.15, -0.1) is 0 Å². The van der Waals surface area contributed by atoms with Crippen molar-refractivity contribution >= 4 is 0 Å². The van der Waals surface area contributed by atoms with Crippen molar-refractivity contribution in [1.29, 1.82) is 0 Å². The highest BCUT2D eigenvalue weighted by atomic mass is 16.7. The SMILES string of the molecule is CC(Oc1cc(=O)c(O)c(-c2cc(O)c(O)cc2O)o1)OC(CO)CCO. The average molecular weight is 384 g/mol. The quantitative estimate of drug-likeness (QED) is 0.215. The van der Waals surface area contributed by atoms with E-state index in [0.717, 1.165) is 18.2 Å². The van der Waals surface area contributed by atoms with Crippen LogP contribution in [-0.2, 0) is 4.74 Å². The van der Waals surface area contributed by atoms with Gasteiger partial charge in [-0.05, 0) is 19.4 Å². The minimum Gasteiger partial charge on any atom is -0.507 e.